The largest absolute Gasteiger partial charge is 0.508 e. The van der Waals surface area contributed by atoms with E-state index in [0.29, 0.717) is 0 Å². The fourth-order valence-electron chi connectivity index (χ4n) is 1.48. The average Bonchev–Trinajstić information content (AvgIpc) is 2.41. The zero-order chi connectivity index (χ0) is 14.7. The SMILES string of the molecule is O=C(Nc1ccc(O)cc1[N+](=O)[O-])c1ccc(Cl)nc1. The number of benzene rings is 1. The molecule has 2 aromatic rings. The van der Waals surface area contributed by atoms with E-state index < -0.39 is 16.5 Å². The van der Waals surface area contributed by atoms with E-state index in [2.05, 4.69) is 10.3 Å². The number of nitrogens with one attached hydrogen (secondary N) is 1. The predicted molar refractivity (Wildman–Crippen MR) is 72.0 cm³/mol. The van der Waals surface area contributed by atoms with Crippen molar-refractivity contribution in [2.75, 3.05) is 5.32 Å². The summed E-state index contributed by atoms with van der Waals surface area (Å²) in [6.07, 6.45) is 1.25. The molecule has 0 aliphatic heterocycles. The quantitative estimate of drug-likeness (QED) is 0.391. The number of anilines is 1. The number of nitrogens with zero attached hydrogens (tertiary/aromatic N) is 2. The van der Waals surface area contributed by atoms with E-state index in [4.69, 9.17) is 11.6 Å². The van der Waals surface area contributed by atoms with Crippen molar-refractivity contribution in [3.63, 3.8) is 0 Å². The second-order valence-corrected chi connectivity index (χ2v) is 4.17. The van der Waals surface area contributed by atoms with Gasteiger partial charge in [-0.05, 0) is 24.3 Å². The molecule has 1 amide bonds. The lowest BCUT2D eigenvalue weighted by Gasteiger charge is -2.06. The highest BCUT2D eigenvalue weighted by molar-refractivity contribution is 6.29. The minimum Gasteiger partial charge on any atom is -0.508 e. The van der Waals surface area contributed by atoms with Crippen LogP contribution in [0.5, 0.6) is 5.75 Å². The lowest BCUT2D eigenvalue weighted by molar-refractivity contribution is -0.384. The third-order valence-electron chi connectivity index (χ3n) is 2.42. The first-order valence-electron chi connectivity index (χ1n) is 5.37. The van der Waals surface area contributed by atoms with Crippen LogP contribution in [0.15, 0.2) is 36.5 Å². The summed E-state index contributed by atoms with van der Waals surface area (Å²) in [5.74, 6) is -0.828. The molecule has 8 heteroatoms. The zero-order valence-corrected chi connectivity index (χ0v) is 10.7. The number of phenols is 1. The Morgan fingerprint density at radius 1 is 1.35 bits per heavy atom. The topological polar surface area (TPSA) is 105 Å². The lowest BCUT2D eigenvalue weighted by atomic mass is 10.2. The number of aromatic nitrogens is 1. The number of pyridine rings is 1. The van der Waals surface area contributed by atoms with Crippen LogP contribution >= 0.6 is 11.6 Å². The molecular weight excluding hydrogens is 286 g/mol. The van der Waals surface area contributed by atoms with Gasteiger partial charge in [0.05, 0.1) is 16.6 Å². The van der Waals surface area contributed by atoms with Crippen molar-refractivity contribution in [1.82, 2.24) is 4.98 Å². The molecule has 0 fully saturated rings. The summed E-state index contributed by atoms with van der Waals surface area (Å²) in [6.45, 7) is 0. The monoisotopic (exact) mass is 293 g/mol. The summed E-state index contributed by atoms with van der Waals surface area (Å²) in [7, 11) is 0. The van der Waals surface area contributed by atoms with Gasteiger partial charge in [-0.3, -0.25) is 14.9 Å². The minimum absolute atomic E-state index is 0.0206. The molecular formula is C12H8ClN3O4. The molecule has 0 saturated heterocycles. The van der Waals surface area contributed by atoms with Gasteiger partial charge in [-0.15, -0.1) is 0 Å². The van der Waals surface area contributed by atoms with Gasteiger partial charge in [0.1, 0.15) is 16.6 Å². The van der Waals surface area contributed by atoms with Crippen LogP contribution in [0.1, 0.15) is 10.4 Å². The van der Waals surface area contributed by atoms with E-state index in [0.717, 1.165) is 6.07 Å². The molecule has 0 bridgehead atoms. The van der Waals surface area contributed by atoms with Gasteiger partial charge >= 0.3 is 0 Å². The summed E-state index contributed by atoms with van der Waals surface area (Å²) < 4.78 is 0. The number of carbonyl (C=O) groups excluding carboxylic acids is 1. The van der Waals surface area contributed by atoms with Crippen molar-refractivity contribution in [1.29, 1.82) is 0 Å². The van der Waals surface area contributed by atoms with E-state index in [9.17, 15) is 20.0 Å². The van der Waals surface area contributed by atoms with Gasteiger partial charge in [-0.25, -0.2) is 4.98 Å². The molecule has 0 saturated carbocycles. The summed E-state index contributed by atoms with van der Waals surface area (Å²) in [4.78, 5) is 25.8. The molecule has 1 heterocycles. The molecule has 102 valence electrons. The molecule has 2 rings (SSSR count). The first-order valence-corrected chi connectivity index (χ1v) is 5.75. The van der Waals surface area contributed by atoms with Crippen LogP contribution in [0.2, 0.25) is 5.15 Å². The highest BCUT2D eigenvalue weighted by Crippen LogP contribution is 2.28. The Hall–Kier alpha value is -2.67. The first kappa shape index (κ1) is 13.8. The molecule has 0 spiro atoms. The summed E-state index contributed by atoms with van der Waals surface area (Å²) in [5, 5.41) is 22.7. The second-order valence-electron chi connectivity index (χ2n) is 3.78. The van der Waals surface area contributed by atoms with Crippen molar-refractivity contribution in [3.8, 4) is 5.75 Å². The van der Waals surface area contributed by atoms with Crippen LogP contribution < -0.4 is 5.32 Å². The number of amides is 1. The van der Waals surface area contributed by atoms with Crippen LogP contribution in [0.4, 0.5) is 11.4 Å². The Morgan fingerprint density at radius 2 is 2.10 bits per heavy atom. The van der Waals surface area contributed by atoms with E-state index in [-0.39, 0.29) is 22.2 Å². The Kier molecular flexibility index (Phi) is 3.81. The van der Waals surface area contributed by atoms with Gasteiger partial charge < -0.3 is 10.4 Å². The molecule has 0 radical (unpaired) electrons. The van der Waals surface area contributed by atoms with Crippen LogP contribution in [-0.4, -0.2) is 20.9 Å². The maximum absolute atomic E-state index is 11.9. The third-order valence-corrected chi connectivity index (χ3v) is 2.64. The molecule has 0 aliphatic rings. The Balaban J connectivity index is 2.28. The normalized spacial score (nSPS) is 10.1. The van der Waals surface area contributed by atoms with Gasteiger partial charge in [-0.2, -0.15) is 0 Å². The lowest BCUT2D eigenvalue weighted by Crippen LogP contribution is -2.13. The van der Waals surface area contributed by atoms with Crippen molar-refractivity contribution in [3.05, 3.63) is 57.4 Å². The fraction of sp³-hybridized carbons (Fsp3) is 0. The molecule has 2 N–H and O–H groups in total. The van der Waals surface area contributed by atoms with Crippen LogP contribution in [0.3, 0.4) is 0 Å². The summed E-state index contributed by atoms with van der Waals surface area (Å²) >= 11 is 5.60. The second kappa shape index (κ2) is 5.54. The maximum Gasteiger partial charge on any atom is 0.296 e. The predicted octanol–water partition coefficient (Wildman–Crippen LogP) is 2.60. The van der Waals surface area contributed by atoms with Crippen molar-refractivity contribution < 1.29 is 14.8 Å². The molecule has 1 aromatic heterocycles. The number of carbonyl (C=O) groups is 1. The number of nitro benzene ring substituents is 1. The van der Waals surface area contributed by atoms with Gasteiger partial charge in [0.15, 0.2) is 0 Å². The fourth-order valence-corrected chi connectivity index (χ4v) is 1.59. The van der Waals surface area contributed by atoms with E-state index in [1.807, 2.05) is 0 Å². The van der Waals surface area contributed by atoms with Crippen LogP contribution in [0.25, 0.3) is 0 Å². The van der Waals surface area contributed by atoms with Gasteiger partial charge in [-0.1, -0.05) is 11.6 Å². The Morgan fingerprint density at radius 3 is 2.70 bits per heavy atom. The molecule has 0 unspecified atom stereocenters. The van der Waals surface area contributed by atoms with Crippen molar-refractivity contribution in [2.24, 2.45) is 0 Å². The molecule has 1 aromatic carbocycles. The van der Waals surface area contributed by atoms with Crippen LogP contribution in [0, 0.1) is 10.1 Å². The molecule has 0 aliphatic carbocycles. The number of phenolic OH excluding ortho intramolecular Hbond substituents is 1. The highest BCUT2D eigenvalue weighted by atomic mass is 35.5. The van der Waals surface area contributed by atoms with Gasteiger partial charge in [0, 0.05) is 6.20 Å². The molecule has 20 heavy (non-hydrogen) atoms. The van der Waals surface area contributed by atoms with Crippen LogP contribution in [-0.2, 0) is 0 Å². The zero-order valence-electron chi connectivity index (χ0n) is 9.91. The maximum atomic E-state index is 11.9. The Labute approximate surface area is 118 Å². The van der Waals surface area contributed by atoms with E-state index in [1.54, 1.807) is 0 Å². The molecule has 7 nitrogen and oxygen atoms in total. The smallest absolute Gasteiger partial charge is 0.296 e. The van der Waals surface area contributed by atoms with Gasteiger partial charge in [0.25, 0.3) is 11.6 Å². The highest BCUT2D eigenvalue weighted by Gasteiger charge is 2.17. The number of rotatable bonds is 3. The number of hydrogen-bond acceptors (Lipinski definition) is 5. The summed E-state index contributed by atoms with van der Waals surface area (Å²) in [5.41, 5.74) is -0.218. The van der Waals surface area contributed by atoms with E-state index in [1.165, 1.54) is 30.5 Å². The minimum atomic E-state index is -0.699. The van der Waals surface area contributed by atoms with Crippen molar-refractivity contribution in [2.45, 2.75) is 0 Å². The standard InChI is InChI=1S/C12H8ClN3O4/c13-11-4-1-7(6-14-11)12(18)15-9-3-2-8(17)5-10(9)16(19)20/h1-6,17H,(H,15,18). The molecule has 0 atom stereocenters. The number of nitro groups is 1. The Bertz CT molecular complexity index is 673. The number of hydrogen-bond donors (Lipinski definition) is 2. The number of aromatic hydroxyl groups is 1. The van der Waals surface area contributed by atoms with Crippen molar-refractivity contribution >= 4 is 28.9 Å². The average molecular weight is 294 g/mol. The first-order chi connectivity index (χ1) is 9.47. The number of halogens is 1. The summed E-state index contributed by atoms with van der Waals surface area (Å²) in [6, 6.07) is 6.31. The third kappa shape index (κ3) is 3.01. The van der Waals surface area contributed by atoms with Gasteiger partial charge in [0.2, 0.25) is 0 Å². The van der Waals surface area contributed by atoms with E-state index >= 15 is 0 Å².